The van der Waals surface area contributed by atoms with Gasteiger partial charge in [-0.25, -0.2) is 0 Å². The predicted octanol–water partition coefficient (Wildman–Crippen LogP) is -6.19. The molecule has 0 fully saturated rings. The molecule has 1 aromatic carbocycles. The fourth-order valence-corrected chi connectivity index (χ4v) is 1.41. The number of aryl methyl sites for hydroxylation is 3. The van der Waals surface area contributed by atoms with Gasteiger partial charge in [0.25, 0.3) is 0 Å². The van der Waals surface area contributed by atoms with Gasteiger partial charge in [-0.15, -0.1) is 0 Å². The number of carbonyl (C=O) groups is 1. The van der Waals surface area contributed by atoms with Gasteiger partial charge in [0.1, 0.15) is 0 Å². The Hall–Kier alpha value is 0.0925. The first-order chi connectivity index (χ1) is 6.95. The number of esters is 1. The summed E-state index contributed by atoms with van der Waals surface area (Å²) in [5.41, 5.74) is 4.06. The molecule has 0 saturated heterocycles. The summed E-state index contributed by atoms with van der Waals surface area (Å²) in [7, 11) is 0. The van der Waals surface area contributed by atoms with E-state index in [1.165, 1.54) is 23.6 Å². The maximum Gasteiger partial charge on any atom is 3.00 e. The van der Waals surface area contributed by atoms with Crippen LogP contribution in [-0.4, -0.2) is 29.9 Å². The molecule has 1 aromatic rings. The average Bonchev–Trinajstić information content (AvgIpc) is 2.00. The number of hydrogen-bond acceptors (Lipinski definition) is 2. The number of carbonyl (C=O) groups excluding carboxylic acids is 1. The van der Waals surface area contributed by atoms with Gasteiger partial charge in [-0.3, -0.25) is 4.79 Å². The molecular formula is C13H20AlCl3O2. The standard InChI is InChI=1S/C9H12.C4H8O2.Al.3ClH/c1-7-4-8(2)6-9(3)5-7;1-3-6-4(2)5;;;;/h4-6H,1-3H3;3H2,1-2H3;;3*1H/q;;+3;;;/p-3. The Morgan fingerprint density at radius 1 is 0.947 bits per heavy atom. The van der Waals surface area contributed by atoms with Crippen molar-refractivity contribution in [1.29, 1.82) is 0 Å². The zero-order valence-corrected chi connectivity index (χ0v) is 15.4. The zero-order valence-electron chi connectivity index (χ0n) is 12.0. The third kappa shape index (κ3) is 20.6. The second kappa shape index (κ2) is 18.1. The Bertz CT molecular complexity index is 283. The van der Waals surface area contributed by atoms with E-state index in [0.29, 0.717) is 6.61 Å². The summed E-state index contributed by atoms with van der Waals surface area (Å²) in [5, 5.41) is 0. The minimum atomic E-state index is -0.211. The van der Waals surface area contributed by atoms with Crippen molar-refractivity contribution in [2.24, 2.45) is 0 Å². The maximum absolute atomic E-state index is 9.82. The van der Waals surface area contributed by atoms with Crippen LogP contribution in [0.5, 0.6) is 0 Å². The third-order valence-corrected chi connectivity index (χ3v) is 1.71. The van der Waals surface area contributed by atoms with Gasteiger partial charge in [-0.2, -0.15) is 0 Å². The van der Waals surface area contributed by atoms with Crippen LogP contribution in [0.4, 0.5) is 0 Å². The molecule has 0 radical (unpaired) electrons. The van der Waals surface area contributed by atoms with Crippen LogP contribution >= 0.6 is 0 Å². The first kappa shape index (κ1) is 31.5. The van der Waals surface area contributed by atoms with E-state index in [1.54, 1.807) is 6.92 Å². The molecule has 19 heavy (non-hydrogen) atoms. The van der Waals surface area contributed by atoms with Gasteiger partial charge >= 0.3 is 23.3 Å². The SMILES string of the molecule is CCOC(C)=O.Cc1cc(C)cc(C)c1.[Al+3].[Cl-].[Cl-].[Cl-]. The smallest absolute Gasteiger partial charge is 1.00 e. The van der Waals surface area contributed by atoms with Crippen molar-refractivity contribution < 1.29 is 46.8 Å². The van der Waals surface area contributed by atoms with Crippen LogP contribution in [-0.2, 0) is 9.53 Å². The topological polar surface area (TPSA) is 26.3 Å². The largest absolute Gasteiger partial charge is 3.00 e. The van der Waals surface area contributed by atoms with Crippen LogP contribution in [0.2, 0.25) is 0 Å². The van der Waals surface area contributed by atoms with E-state index < -0.39 is 0 Å². The molecule has 1 rings (SSSR count). The average molecular weight is 342 g/mol. The molecule has 0 spiro atoms. The van der Waals surface area contributed by atoms with Crippen LogP contribution < -0.4 is 37.2 Å². The van der Waals surface area contributed by atoms with Gasteiger partial charge in [0.15, 0.2) is 0 Å². The van der Waals surface area contributed by atoms with Crippen molar-refractivity contribution in [2.45, 2.75) is 34.6 Å². The zero-order chi connectivity index (χ0) is 11.8. The molecule has 0 bridgehead atoms. The molecule has 0 N–H and O–H groups in total. The molecular weight excluding hydrogens is 321 g/mol. The molecule has 0 heterocycles. The van der Waals surface area contributed by atoms with Crippen LogP contribution in [0.1, 0.15) is 30.5 Å². The van der Waals surface area contributed by atoms with Crippen molar-refractivity contribution in [3.63, 3.8) is 0 Å². The Balaban J connectivity index is -0.0000000599. The fourth-order valence-electron chi connectivity index (χ4n) is 1.41. The minimum absolute atomic E-state index is 0. The van der Waals surface area contributed by atoms with Crippen LogP contribution in [0.3, 0.4) is 0 Å². The van der Waals surface area contributed by atoms with Crippen LogP contribution in [0.15, 0.2) is 18.2 Å². The molecule has 6 heteroatoms. The summed E-state index contributed by atoms with van der Waals surface area (Å²) >= 11 is 0. The number of benzene rings is 1. The first-order valence-electron chi connectivity index (χ1n) is 5.14. The molecule has 0 aliphatic carbocycles. The first-order valence-corrected chi connectivity index (χ1v) is 5.14. The number of ether oxygens (including phenoxy) is 1. The molecule has 0 atom stereocenters. The fraction of sp³-hybridized carbons (Fsp3) is 0.462. The molecule has 0 amide bonds. The Morgan fingerprint density at radius 2 is 1.21 bits per heavy atom. The van der Waals surface area contributed by atoms with Gasteiger partial charge in [0, 0.05) is 6.92 Å². The minimum Gasteiger partial charge on any atom is -1.00 e. The Labute approximate surface area is 146 Å². The van der Waals surface area contributed by atoms with Gasteiger partial charge in [-0.1, -0.05) is 34.9 Å². The van der Waals surface area contributed by atoms with Gasteiger partial charge < -0.3 is 42.0 Å². The van der Waals surface area contributed by atoms with E-state index in [0.717, 1.165) is 0 Å². The summed E-state index contributed by atoms with van der Waals surface area (Å²) in [6.45, 7) is 10.0. The van der Waals surface area contributed by atoms with Crippen LogP contribution in [0, 0.1) is 20.8 Å². The Kier molecular flexibility index (Phi) is 30.0. The summed E-state index contributed by atoms with van der Waals surface area (Å²) in [5.74, 6) is -0.211. The molecule has 0 saturated carbocycles. The van der Waals surface area contributed by atoms with Crippen molar-refractivity contribution in [3.05, 3.63) is 34.9 Å². The predicted molar refractivity (Wildman–Crippen MR) is 68.7 cm³/mol. The molecule has 2 nitrogen and oxygen atoms in total. The van der Waals surface area contributed by atoms with E-state index in [9.17, 15) is 4.79 Å². The van der Waals surface area contributed by atoms with E-state index in [4.69, 9.17) is 0 Å². The van der Waals surface area contributed by atoms with Crippen LogP contribution in [0.25, 0.3) is 0 Å². The number of hydrogen-bond donors (Lipinski definition) is 0. The molecule has 0 unspecified atom stereocenters. The molecule has 108 valence electrons. The summed E-state index contributed by atoms with van der Waals surface area (Å²) in [6, 6.07) is 6.56. The normalized spacial score (nSPS) is 7.00. The van der Waals surface area contributed by atoms with Crippen molar-refractivity contribution in [3.8, 4) is 0 Å². The third-order valence-electron chi connectivity index (χ3n) is 1.71. The quantitative estimate of drug-likeness (QED) is 0.375. The van der Waals surface area contributed by atoms with E-state index in [-0.39, 0.29) is 60.6 Å². The summed E-state index contributed by atoms with van der Waals surface area (Å²) in [4.78, 5) is 9.82. The van der Waals surface area contributed by atoms with E-state index in [1.807, 2.05) is 0 Å². The molecule has 0 aliphatic rings. The molecule has 0 aliphatic heterocycles. The van der Waals surface area contributed by atoms with E-state index in [2.05, 4.69) is 43.7 Å². The number of rotatable bonds is 1. The van der Waals surface area contributed by atoms with Gasteiger partial charge in [-0.05, 0) is 27.7 Å². The maximum atomic E-state index is 9.82. The second-order valence-corrected chi connectivity index (χ2v) is 3.59. The van der Waals surface area contributed by atoms with Crippen molar-refractivity contribution >= 4 is 23.3 Å². The van der Waals surface area contributed by atoms with Gasteiger partial charge in [0.05, 0.1) is 6.61 Å². The number of halogens is 3. The monoisotopic (exact) mass is 340 g/mol. The van der Waals surface area contributed by atoms with Crippen molar-refractivity contribution in [2.75, 3.05) is 6.61 Å². The molecule has 0 aromatic heterocycles. The van der Waals surface area contributed by atoms with Gasteiger partial charge in [0.2, 0.25) is 0 Å². The summed E-state index contributed by atoms with van der Waals surface area (Å²) < 4.78 is 4.40. The Morgan fingerprint density at radius 3 is 1.32 bits per heavy atom. The second-order valence-electron chi connectivity index (χ2n) is 3.59. The summed E-state index contributed by atoms with van der Waals surface area (Å²) in [6.07, 6.45) is 0. The van der Waals surface area contributed by atoms with Crippen molar-refractivity contribution in [1.82, 2.24) is 0 Å². The van der Waals surface area contributed by atoms with E-state index >= 15 is 0 Å².